The fourth-order valence-electron chi connectivity index (χ4n) is 0.714. The van der Waals surface area contributed by atoms with Gasteiger partial charge in [0.15, 0.2) is 5.60 Å². The van der Waals surface area contributed by atoms with Crippen molar-refractivity contribution in [3.8, 4) is 0 Å². The maximum absolute atomic E-state index is 10.3. The first kappa shape index (κ1) is 20.5. The van der Waals surface area contributed by atoms with E-state index in [1.165, 1.54) is 0 Å². The van der Waals surface area contributed by atoms with Crippen LogP contribution >= 0.6 is 0 Å². The van der Waals surface area contributed by atoms with Crippen LogP contribution in [0.2, 0.25) is 0 Å². The zero-order valence-corrected chi connectivity index (χ0v) is 9.43. The van der Waals surface area contributed by atoms with E-state index in [0.717, 1.165) is 0 Å². The molecule has 1 radical (unpaired) electrons. The van der Waals surface area contributed by atoms with Gasteiger partial charge in [0, 0.05) is 29.6 Å². The van der Waals surface area contributed by atoms with Crippen molar-refractivity contribution < 1.29 is 34.8 Å². The second-order valence-electron chi connectivity index (χ2n) is 2.48. The molecule has 4 N–H and O–H groups in total. The smallest absolute Gasteiger partial charge is 0.336 e. The number of carboxylic acids is 3. The topological polar surface area (TPSA) is 132 Å². The van der Waals surface area contributed by atoms with E-state index >= 15 is 0 Å². The predicted octanol–water partition coefficient (Wildman–Crippen LogP) is -2.55. The van der Waals surface area contributed by atoms with E-state index in [9.17, 15) is 14.4 Å². The van der Waals surface area contributed by atoms with Crippen molar-refractivity contribution >= 4 is 70.5 Å². The Morgan fingerprint density at radius 1 is 0.933 bits per heavy atom. The molecule has 0 heterocycles. The Morgan fingerprint density at radius 3 is 1.33 bits per heavy atom. The summed E-state index contributed by atoms with van der Waals surface area (Å²) >= 11 is 0. The van der Waals surface area contributed by atoms with Gasteiger partial charge in [-0.25, -0.2) is 4.79 Å². The number of rotatable bonds is 5. The molecule has 0 aliphatic carbocycles. The van der Waals surface area contributed by atoms with Crippen LogP contribution in [0.4, 0.5) is 0 Å². The first-order valence-electron chi connectivity index (χ1n) is 3.17. The zero-order chi connectivity index (χ0) is 10.6. The van der Waals surface area contributed by atoms with Crippen LogP contribution in [-0.2, 0) is 14.4 Å². The number of hydrogen-bond donors (Lipinski definition) is 4. The van der Waals surface area contributed by atoms with Crippen LogP contribution < -0.4 is 0 Å². The standard InChI is InChI=1S/C6H8O7.Mg.Na.2H/c7-3(8)1-6(13,5(11)12)2-4(9)10;;;;/h13H,1-2H2,(H,7,8)(H,9,10)(H,11,12);;;;. The molecule has 0 aromatic rings. The minimum Gasteiger partial charge on any atom is -0.481 e. The van der Waals surface area contributed by atoms with Gasteiger partial charge in [0.2, 0.25) is 0 Å². The van der Waals surface area contributed by atoms with Crippen LogP contribution in [0.25, 0.3) is 0 Å². The first-order valence-corrected chi connectivity index (χ1v) is 3.17. The molecular formula is C6H10MgNaO7. The quantitative estimate of drug-likeness (QED) is 0.390. The number of aliphatic carboxylic acids is 3. The molecule has 0 fully saturated rings. The summed E-state index contributed by atoms with van der Waals surface area (Å²) in [6.45, 7) is 0. The molecule has 0 spiro atoms. The van der Waals surface area contributed by atoms with Crippen molar-refractivity contribution in [1.82, 2.24) is 0 Å². The Balaban J connectivity index is -0.000000720. The van der Waals surface area contributed by atoms with Gasteiger partial charge < -0.3 is 20.4 Å². The molecule has 0 bridgehead atoms. The third-order valence-electron chi connectivity index (χ3n) is 1.29. The monoisotopic (exact) mass is 241 g/mol. The van der Waals surface area contributed by atoms with Gasteiger partial charge in [-0.05, 0) is 0 Å². The largest absolute Gasteiger partial charge is 0.481 e. The van der Waals surface area contributed by atoms with Crippen molar-refractivity contribution in [2.75, 3.05) is 0 Å². The number of hydrogen-bond acceptors (Lipinski definition) is 4. The van der Waals surface area contributed by atoms with Gasteiger partial charge in [0.1, 0.15) is 0 Å². The fourth-order valence-corrected chi connectivity index (χ4v) is 0.714. The summed E-state index contributed by atoms with van der Waals surface area (Å²) in [5.41, 5.74) is -2.74. The van der Waals surface area contributed by atoms with Crippen molar-refractivity contribution in [3.05, 3.63) is 0 Å². The second kappa shape index (κ2) is 8.31. The molecule has 0 saturated heterocycles. The molecule has 0 aromatic carbocycles. The van der Waals surface area contributed by atoms with E-state index in [2.05, 4.69) is 0 Å². The molecule has 7 nitrogen and oxygen atoms in total. The molecule has 15 heavy (non-hydrogen) atoms. The van der Waals surface area contributed by atoms with E-state index < -0.39 is 36.4 Å². The molecule has 0 rings (SSSR count). The Morgan fingerprint density at radius 2 is 1.20 bits per heavy atom. The first-order chi connectivity index (χ1) is 5.78. The molecule has 0 aliphatic heterocycles. The van der Waals surface area contributed by atoms with Gasteiger partial charge >= 0.3 is 41.0 Å². The summed E-state index contributed by atoms with van der Waals surface area (Å²) in [4.78, 5) is 30.5. The normalized spacial score (nSPS) is 9.40. The predicted molar refractivity (Wildman–Crippen MR) is 51.4 cm³/mol. The average molecular weight is 241 g/mol. The summed E-state index contributed by atoms with van der Waals surface area (Å²) in [7, 11) is 0. The van der Waals surface area contributed by atoms with Crippen LogP contribution in [0.15, 0.2) is 0 Å². The summed E-state index contributed by atoms with van der Waals surface area (Å²) in [5, 5.41) is 33.8. The van der Waals surface area contributed by atoms with Gasteiger partial charge in [-0.1, -0.05) is 0 Å². The molecule has 0 aromatic heterocycles. The van der Waals surface area contributed by atoms with Gasteiger partial charge in [0.25, 0.3) is 0 Å². The summed E-state index contributed by atoms with van der Waals surface area (Å²) < 4.78 is 0. The molecule has 0 unspecified atom stereocenters. The van der Waals surface area contributed by atoms with Gasteiger partial charge in [-0.15, -0.1) is 0 Å². The zero-order valence-electron chi connectivity index (χ0n) is 7.43. The molecule has 0 saturated carbocycles. The van der Waals surface area contributed by atoms with Crippen LogP contribution in [-0.4, -0.2) is 96.5 Å². The van der Waals surface area contributed by atoms with E-state index in [1.807, 2.05) is 0 Å². The maximum Gasteiger partial charge on any atom is 0.336 e. The molecular weight excluding hydrogens is 231 g/mol. The van der Waals surface area contributed by atoms with Gasteiger partial charge in [0.05, 0.1) is 12.8 Å². The summed E-state index contributed by atoms with van der Waals surface area (Å²) in [6, 6.07) is 0. The minimum absolute atomic E-state index is 0. The third-order valence-corrected chi connectivity index (χ3v) is 1.29. The molecule has 0 atom stereocenters. The number of carbonyl (C=O) groups is 3. The Kier molecular flexibility index (Phi) is 11.4. The third kappa shape index (κ3) is 8.00. The molecule has 0 aliphatic rings. The van der Waals surface area contributed by atoms with Crippen LogP contribution in [0.1, 0.15) is 12.8 Å². The molecule has 9 heteroatoms. The van der Waals surface area contributed by atoms with Crippen molar-refractivity contribution in [1.29, 1.82) is 0 Å². The van der Waals surface area contributed by atoms with Crippen LogP contribution in [0.5, 0.6) is 0 Å². The number of carboxylic acid groups (broad SMARTS) is 3. The van der Waals surface area contributed by atoms with Crippen molar-refractivity contribution in [2.45, 2.75) is 18.4 Å². The fraction of sp³-hybridized carbons (Fsp3) is 0.500. The van der Waals surface area contributed by atoms with E-state index in [4.69, 9.17) is 20.4 Å². The van der Waals surface area contributed by atoms with E-state index in [0.29, 0.717) is 0 Å². The van der Waals surface area contributed by atoms with E-state index in [1.54, 1.807) is 0 Å². The van der Waals surface area contributed by atoms with E-state index in [-0.39, 0.29) is 52.6 Å². The second-order valence-corrected chi connectivity index (χ2v) is 2.48. The SMILES string of the molecule is O=C(O)CC(O)(CC(=O)O)C(=O)O.[MgH2].[Na]. The molecule has 0 amide bonds. The Labute approximate surface area is 123 Å². The van der Waals surface area contributed by atoms with Gasteiger partial charge in [-0.2, -0.15) is 0 Å². The Bertz CT molecular complexity index is 238. The minimum atomic E-state index is -2.74. The Hall–Kier alpha value is 0.136. The van der Waals surface area contributed by atoms with Crippen LogP contribution in [0.3, 0.4) is 0 Å². The maximum atomic E-state index is 10.3. The average Bonchev–Trinajstić information content (AvgIpc) is 1.82. The molecule has 79 valence electrons. The van der Waals surface area contributed by atoms with Crippen molar-refractivity contribution in [2.24, 2.45) is 0 Å². The summed E-state index contributed by atoms with van der Waals surface area (Å²) in [6.07, 6.45) is -2.29. The van der Waals surface area contributed by atoms with Crippen molar-refractivity contribution in [3.63, 3.8) is 0 Å². The summed E-state index contributed by atoms with van der Waals surface area (Å²) in [5.74, 6) is -5.02. The number of aliphatic hydroxyl groups is 1. The van der Waals surface area contributed by atoms with Gasteiger partial charge in [-0.3, -0.25) is 9.59 Å². The van der Waals surface area contributed by atoms with Crippen LogP contribution in [0, 0.1) is 0 Å².